The molecule has 1 fully saturated rings. The predicted molar refractivity (Wildman–Crippen MR) is 76.3 cm³/mol. The van der Waals surface area contributed by atoms with E-state index in [1.165, 1.54) is 18.2 Å². The van der Waals surface area contributed by atoms with Gasteiger partial charge in [0.15, 0.2) is 11.6 Å². The number of thioether (sulfide) groups is 1. The van der Waals surface area contributed by atoms with Crippen molar-refractivity contribution in [3.05, 3.63) is 35.4 Å². The molecule has 1 heterocycles. The van der Waals surface area contributed by atoms with E-state index in [4.69, 9.17) is 5.73 Å². The lowest BCUT2D eigenvalue weighted by Crippen LogP contribution is -2.29. The van der Waals surface area contributed by atoms with Crippen molar-refractivity contribution < 1.29 is 8.78 Å². The molecule has 19 heavy (non-hydrogen) atoms. The maximum atomic E-state index is 13.6. The van der Waals surface area contributed by atoms with Gasteiger partial charge in [0, 0.05) is 23.9 Å². The molecule has 106 valence electrons. The van der Waals surface area contributed by atoms with Gasteiger partial charge in [-0.05, 0) is 37.8 Å². The summed E-state index contributed by atoms with van der Waals surface area (Å²) < 4.78 is 26.8. The van der Waals surface area contributed by atoms with Crippen LogP contribution in [0.15, 0.2) is 18.2 Å². The molecule has 0 amide bonds. The van der Waals surface area contributed by atoms with Gasteiger partial charge in [0.1, 0.15) is 0 Å². The molecule has 0 bridgehead atoms. The fourth-order valence-corrected chi connectivity index (χ4v) is 3.23. The Hall–Kier alpha value is -0.650. The molecule has 1 aliphatic heterocycles. The Morgan fingerprint density at radius 1 is 1.26 bits per heavy atom. The monoisotopic (exact) mass is 286 g/mol. The average molecular weight is 286 g/mol. The molecular formula is C14H20F2N2S. The number of rotatable bonds is 4. The zero-order valence-corrected chi connectivity index (χ0v) is 11.8. The van der Waals surface area contributed by atoms with E-state index in [2.05, 4.69) is 4.90 Å². The van der Waals surface area contributed by atoms with Crippen LogP contribution in [0.4, 0.5) is 8.78 Å². The highest BCUT2D eigenvalue weighted by molar-refractivity contribution is 7.99. The largest absolute Gasteiger partial charge is 0.324 e. The van der Waals surface area contributed by atoms with E-state index in [0.29, 0.717) is 6.42 Å². The number of halogens is 2. The molecule has 0 radical (unpaired) electrons. The average Bonchev–Trinajstić information content (AvgIpc) is 2.68. The number of nitrogens with two attached hydrogens (primary N) is 1. The van der Waals surface area contributed by atoms with Crippen LogP contribution in [-0.4, -0.2) is 36.0 Å². The lowest BCUT2D eigenvalue weighted by molar-refractivity contribution is 0.282. The first-order valence-electron chi connectivity index (χ1n) is 6.68. The molecule has 0 aromatic heterocycles. The van der Waals surface area contributed by atoms with Crippen LogP contribution in [0.2, 0.25) is 0 Å². The summed E-state index contributed by atoms with van der Waals surface area (Å²) in [5.41, 5.74) is 6.26. The topological polar surface area (TPSA) is 29.3 Å². The second-order valence-electron chi connectivity index (χ2n) is 4.85. The minimum Gasteiger partial charge on any atom is -0.324 e. The molecule has 2 N–H and O–H groups in total. The molecular weight excluding hydrogens is 266 g/mol. The number of nitrogens with zero attached hydrogens (tertiary/aromatic N) is 1. The van der Waals surface area contributed by atoms with Crippen LogP contribution >= 0.6 is 11.8 Å². The zero-order chi connectivity index (χ0) is 13.7. The molecule has 5 heteroatoms. The molecule has 1 saturated heterocycles. The van der Waals surface area contributed by atoms with Gasteiger partial charge in [-0.25, -0.2) is 8.78 Å². The first-order valence-corrected chi connectivity index (χ1v) is 7.83. The fourth-order valence-electron chi connectivity index (χ4n) is 2.31. The standard InChI is InChI=1S/C14H20F2N2S/c15-12-4-1-3-11(14(12)16)13(17)5-7-18-6-2-9-19-10-8-18/h1,3-4,13H,2,5-10,17H2. The maximum Gasteiger partial charge on any atom is 0.163 e. The van der Waals surface area contributed by atoms with E-state index in [0.717, 1.165) is 31.5 Å². The highest BCUT2D eigenvalue weighted by atomic mass is 32.2. The van der Waals surface area contributed by atoms with Gasteiger partial charge in [0.25, 0.3) is 0 Å². The Kier molecular flexibility index (Phi) is 5.60. The van der Waals surface area contributed by atoms with E-state index in [9.17, 15) is 8.78 Å². The van der Waals surface area contributed by atoms with E-state index in [-0.39, 0.29) is 5.56 Å². The van der Waals surface area contributed by atoms with E-state index < -0.39 is 17.7 Å². The second-order valence-corrected chi connectivity index (χ2v) is 6.07. The lowest BCUT2D eigenvalue weighted by Gasteiger charge is -2.22. The summed E-state index contributed by atoms with van der Waals surface area (Å²) in [6.45, 7) is 2.98. The minimum absolute atomic E-state index is 0.282. The van der Waals surface area contributed by atoms with Crippen LogP contribution in [0.1, 0.15) is 24.4 Å². The molecule has 1 aliphatic rings. The molecule has 1 aromatic carbocycles. The lowest BCUT2D eigenvalue weighted by atomic mass is 10.0. The number of benzene rings is 1. The van der Waals surface area contributed by atoms with Crippen LogP contribution in [-0.2, 0) is 0 Å². The fraction of sp³-hybridized carbons (Fsp3) is 0.571. The van der Waals surface area contributed by atoms with Crippen molar-refractivity contribution in [1.29, 1.82) is 0 Å². The van der Waals surface area contributed by atoms with E-state index in [1.54, 1.807) is 6.07 Å². The van der Waals surface area contributed by atoms with Crippen molar-refractivity contribution in [1.82, 2.24) is 4.90 Å². The third-order valence-corrected chi connectivity index (χ3v) is 4.50. The SMILES string of the molecule is NC(CCN1CCCSCC1)c1cccc(F)c1F. The van der Waals surface area contributed by atoms with Gasteiger partial charge in [-0.1, -0.05) is 12.1 Å². The van der Waals surface area contributed by atoms with Crippen molar-refractivity contribution in [3.8, 4) is 0 Å². The Labute approximate surface area is 117 Å². The number of hydrogen-bond acceptors (Lipinski definition) is 3. The summed E-state index contributed by atoms with van der Waals surface area (Å²) in [5, 5.41) is 0. The Bertz CT molecular complexity index is 406. The van der Waals surface area contributed by atoms with Crippen molar-refractivity contribution in [2.24, 2.45) is 5.73 Å². The van der Waals surface area contributed by atoms with E-state index >= 15 is 0 Å². The van der Waals surface area contributed by atoms with Gasteiger partial charge >= 0.3 is 0 Å². The Morgan fingerprint density at radius 2 is 2.11 bits per heavy atom. The molecule has 1 unspecified atom stereocenters. The van der Waals surface area contributed by atoms with Crippen molar-refractivity contribution in [2.45, 2.75) is 18.9 Å². The predicted octanol–water partition coefficient (Wildman–Crippen LogP) is 2.79. The summed E-state index contributed by atoms with van der Waals surface area (Å²) in [4.78, 5) is 2.36. The summed E-state index contributed by atoms with van der Waals surface area (Å²) in [6, 6.07) is 3.77. The van der Waals surface area contributed by atoms with Gasteiger partial charge in [0.2, 0.25) is 0 Å². The van der Waals surface area contributed by atoms with Crippen LogP contribution < -0.4 is 5.73 Å². The van der Waals surface area contributed by atoms with Gasteiger partial charge in [-0.3, -0.25) is 0 Å². The maximum absolute atomic E-state index is 13.6. The summed E-state index contributed by atoms with van der Waals surface area (Å²) >= 11 is 1.97. The summed E-state index contributed by atoms with van der Waals surface area (Å²) in [7, 11) is 0. The molecule has 1 atom stereocenters. The summed E-state index contributed by atoms with van der Waals surface area (Å²) in [5.74, 6) is 0.727. The van der Waals surface area contributed by atoms with E-state index in [1.807, 2.05) is 11.8 Å². The number of hydrogen-bond donors (Lipinski definition) is 1. The van der Waals surface area contributed by atoms with Gasteiger partial charge < -0.3 is 10.6 Å². The molecule has 0 saturated carbocycles. The van der Waals surface area contributed by atoms with Gasteiger partial charge in [-0.15, -0.1) is 0 Å². The van der Waals surface area contributed by atoms with Crippen LogP contribution in [0.5, 0.6) is 0 Å². The first-order chi connectivity index (χ1) is 9.18. The van der Waals surface area contributed by atoms with Gasteiger partial charge in [-0.2, -0.15) is 11.8 Å². The van der Waals surface area contributed by atoms with Gasteiger partial charge in [0.05, 0.1) is 0 Å². The van der Waals surface area contributed by atoms with Crippen molar-refractivity contribution in [3.63, 3.8) is 0 Å². The quantitative estimate of drug-likeness (QED) is 0.923. The van der Waals surface area contributed by atoms with Crippen molar-refractivity contribution in [2.75, 3.05) is 31.1 Å². The summed E-state index contributed by atoms with van der Waals surface area (Å²) in [6.07, 6.45) is 1.85. The molecule has 1 aromatic rings. The Morgan fingerprint density at radius 3 is 2.95 bits per heavy atom. The Balaban J connectivity index is 1.89. The smallest absolute Gasteiger partial charge is 0.163 e. The first kappa shape index (κ1) is 14.8. The molecule has 0 aliphatic carbocycles. The van der Waals surface area contributed by atoms with Crippen LogP contribution in [0, 0.1) is 11.6 Å². The molecule has 2 rings (SSSR count). The highest BCUT2D eigenvalue weighted by Crippen LogP contribution is 2.21. The highest BCUT2D eigenvalue weighted by Gasteiger charge is 2.16. The minimum atomic E-state index is -0.820. The normalized spacial score (nSPS) is 19.1. The zero-order valence-electron chi connectivity index (χ0n) is 10.9. The van der Waals surface area contributed by atoms with Crippen LogP contribution in [0.3, 0.4) is 0 Å². The molecule has 2 nitrogen and oxygen atoms in total. The molecule has 0 spiro atoms. The van der Waals surface area contributed by atoms with Crippen molar-refractivity contribution >= 4 is 11.8 Å². The second kappa shape index (κ2) is 7.22. The third kappa shape index (κ3) is 4.16. The third-order valence-electron chi connectivity index (χ3n) is 3.45. The van der Waals surface area contributed by atoms with Crippen LogP contribution in [0.25, 0.3) is 0 Å².